The van der Waals surface area contributed by atoms with Crippen molar-refractivity contribution in [2.45, 2.75) is 39.2 Å². The van der Waals surface area contributed by atoms with Crippen LogP contribution in [0.2, 0.25) is 0 Å². The van der Waals surface area contributed by atoms with E-state index in [1.54, 1.807) is 12.3 Å². The van der Waals surface area contributed by atoms with Crippen molar-refractivity contribution in [2.75, 3.05) is 0 Å². The molecule has 1 aromatic rings. The Hall–Kier alpha value is -1.89. The Morgan fingerprint density at radius 2 is 2.12 bits per heavy atom. The molecule has 17 heavy (non-hydrogen) atoms. The van der Waals surface area contributed by atoms with E-state index in [1.165, 1.54) is 6.20 Å². The van der Waals surface area contributed by atoms with Crippen LogP contribution >= 0.6 is 0 Å². The summed E-state index contributed by atoms with van der Waals surface area (Å²) in [5.41, 5.74) is 0.639. The van der Waals surface area contributed by atoms with Gasteiger partial charge in [-0.15, -0.1) is 0 Å². The summed E-state index contributed by atoms with van der Waals surface area (Å²) in [7, 11) is 0. The molecule has 0 saturated carbocycles. The van der Waals surface area contributed by atoms with Gasteiger partial charge < -0.3 is 5.32 Å². The van der Waals surface area contributed by atoms with Crippen LogP contribution in [0.1, 0.15) is 42.6 Å². The molecule has 0 unspecified atom stereocenters. The van der Waals surface area contributed by atoms with Crippen LogP contribution in [0.4, 0.5) is 0 Å². The quantitative estimate of drug-likeness (QED) is 0.863. The van der Waals surface area contributed by atoms with Crippen molar-refractivity contribution in [1.82, 2.24) is 10.3 Å². The van der Waals surface area contributed by atoms with E-state index >= 15 is 0 Å². The van der Waals surface area contributed by atoms with Gasteiger partial charge in [-0.25, -0.2) is 0 Å². The summed E-state index contributed by atoms with van der Waals surface area (Å²) >= 11 is 0. The molecule has 0 atom stereocenters. The Labute approximate surface area is 102 Å². The van der Waals surface area contributed by atoms with Crippen LogP contribution in [-0.2, 0) is 0 Å². The zero-order chi connectivity index (χ0) is 12.9. The summed E-state index contributed by atoms with van der Waals surface area (Å²) in [5.74, 6) is -0.244. The van der Waals surface area contributed by atoms with Gasteiger partial charge in [0.15, 0.2) is 0 Å². The lowest BCUT2D eigenvalue weighted by Gasteiger charge is -2.24. The van der Waals surface area contributed by atoms with Crippen LogP contribution in [0.25, 0.3) is 0 Å². The minimum atomic E-state index is -0.777. The van der Waals surface area contributed by atoms with Crippen molar-refractivity contribution in [3.05, 3.63) is 29.6 Å². The monoisotopic (exact) mass is 231 g/mol. The summed E-state index contributed by atoms with van der Waals surface area (Å²) in [6.07, 6.45) is 4.37. The molecular weight excluding hydrogens is 214 g/mol. The maximum absolute atomic E-state index is 12.0. The van der Waals surface area contributed by atoms with Gasteiger partial charge in [0, 0.05) is 12.4 Å². The van der Waals surface area contributed by atoms with Gasteiger partial charge in [-0.05, 0) is 31.4 Å². The third-order valence-electron chi connectivity index (χ3n) is 2.91. The second kappa shape index (κ2) is 5.44. The highest BCUT2D eigenvalue weighted by molar-refractivity contribution is 5.94. The SMILES string of the molecule is CCC(C#N)(CC)NC(=O)c1cncc(C)c1. The predicted molar refractivity (Wildman–Crippen MR) is 65.4 cm³/mol. The molecule has 4 nitrogen and oxygen atoms in total. The van der Waals surface area contributed by atoms with E-state index in [0.29, 0.717) is 18.4 Å². The number of nitrogens with zero attached hydrogens (tertiary/aromatic N) is 2. The van der Waals surface area contributed by atoms with E-state index in [4.69, 9.17) is 5.26 Å². The fraction of sp³-hybridized carbons (Fsp3) is 0.462. The number of nitrogens with one attached hydrogen (secondary N) is 1. The molecule has 1 heterocycles. The number of hydrogen-bond donors (Lipinski definition) is 1. The second-order valence-corrected chi connectivity index (χ2v) is 4.11. The molecule has 90 valence electrons. The molecule has 0 bridgehead atoms. The molecule has 0 aliphatic carbocycles. The Balaban J connectivity index is 2.89. The van der Waals surface area contributed by atoms with Gasteiger partial charge in [-0.1, -0.05) is 13.8 Å². The van der Waals surface area contributed by atoms with Crippen LogP contribution in [-0.4, -0.2) is 16.4 Å². The zero-order valence-electron chi connectivity index (χ0n) is 10.4. The first kappa shape index (κ1) is 13.2. The van der Waals surface area contributed by atoms with Gasteiger partial charge >= 0.3 is 0 Å². The molecule has 0 radical (unpaired) electrons. The number of carbonyl (C=O) groups excluding carboxylic acids is 1. The third kappa shape index (κ3) is 3.04. The Bertz CT molecular complexity index is 444. The normalized spacial score (nSPS) is 10.7. The van der Waals surface area contributed by atoms with Crippen molar-refractivity contribution in [3.63, 3.8) is 0 Å². The molecule has 0 aliphatic heterocycles. The first-order valence-electron chi connectivity index (χ1n) is 5.72. The molecule has 1 amide bonds. The number of aryl methyl sites for hydroxylation is 1. The third-order valence-corrected chi connectivity index (χ3v) is 2.91. The molecule has 1 N–H and O–H groups in total. The van der Waals surface area contributed by atoms with E-state index in [1.807, 2.05) is 20.8 Å². The topological polar surface area (TPSA) is 65.8 Å². The first-order chi connectivity index (χ1) is 8.06. The highest BCUT2D eigenvalue weighted by atomic mass is 16.1. The van der Waals surface area contributed by atoms with E-state index in [0.717, 1.165) is 5.56 Å². The maximum Gasteiger partial charge on any atom is 0.254 e. The van der Waals surface area contributed by atoms with Gasteiger partial charge in [-0.3, -0.25) is 9.78 Å². The lowest BCUT2D eigenvalue weighted by molar-refractivity contribution is 0.0915. The van der Waals surface area contributed by atoms with Crippen molar-refractivity contribution in [1.29, 1.82) is 5.26 Å². The standard InChI is InChI=1S/C13H17N3O/c1-4-13(5-2,9-14)16-12(17)11-6-10(3)7-15-8-11/h6-8H,4-5H2,1-3H3,(H,16,17). The van der Waals surface area contributed by atoms with E-state index in [2.05, 4.69) is 16.4 Å². The summed E-state index contributed by atoms with van der Waals surface area (Å²) in [6, 6.07) is 3.94. The van der Waals surface area contributed by atoms with Crippen LogP contribution in [0, 0.1) is 18.3 Å². The predicted octanol–water partition coefficient (Wildman–Crippen LogP) is 2.20. The highest BCUT2D eigenvalue weighted by Gasteiger charge is 2.28. The minimum absolute atomic E-state index is 0.244. The van der Waals surface area contributed by atoms with Crippen LogP contribution < -0.4 is 5.32 Å². The van der Waals surface area contributed by atoms with Crippen molar-refractivity contribution >= 4 is 5.91 Å². The van der Waals surface area contributed by atoms with E-state index in [9.17, 15) is 4.79 Å². The fourth-order valence-corrected chi connectivity index (χ4v) is 1.58. The van der Waals surface area contributed by atoms with E-state index < -0.39 is 5.54 Å². The molecule has 0 fully saturated rings. The lowest BCUT2D eigenvalue weighted by Crippen LogP contribution is -2.46. The Kier molecular flexibility index (Phi) is 4.22. The number of pyridine rings is 1. The van der Waals surface area contributed by atoms with Gasteiger partial charge in [-0.2, -0.15) is 5.26 Å². The van der Waals surface area contributed by atoms with Crippen molar-refractivity contribution in [2.24, 2.45) is 0 Å². The largest absolute Gasteiger partial charge is 0.334 e. The number of hydrogen-bond acceptors (Lipinski definition) is 3. The number of amides is 1. The smallest absolute Gasteiger partial charge is 0.254 e. The van der Waals surface area contributed by atoms with Gasteiger partial charge in [0.25, 0.3) is 5.91 Å². The molecule has 4 heteroatoms. The molecule has 0 aliphatic rings. The molecule has 1 rings (SSSR count). The highest BCUT2D eigenvalue weighted by Crippen LogP contribution is 2.14. The lowest BCUT2D eigenvalue weighted by atomic mass is 9.94. The van der Waals surface area contributed by atoms with Gasteiger partial charge in [0.1, 0.15) is 5.54 Å². The molecule has 0 aromatic carbocycles. The zero-order valence-corrected chi connectivity index (χ0v) is 10.4. The minimum Gasteiger partial charge on any atom is -0.334 e. The summed E-state index contributed by atoms with van der Waals surface area (Å²) in [5, 5.41) is 11.9. The average Bonchev–Trinajstić information content (AvgIpc) is 2.36. The van der Waals surface area contributed by atoms with E-state index in [-0.39, 0.29) is 5.91 Å². The molecule has 0 spiro atoms. The summed E-state index contributed by atoms with van der Waals surface area (Å²) < 4.78 is 0. The van der Waals surface area contributed by atoms with Gasteiger partial charge in [0.05, 0.1) is 11.6 Å². The number of rotatable bonds is 4. The first-order valence-corrected chi connectivity index (χ1v) is 5.72. The van der Waals surface area contributed by atoms with Crippen LogP contribution in [0.15, 0.2) is 18.5 Å². The maximum atomic E-state index is 12.0. The fourth-order valence-electron chi connectivity index (χ4n) is 1.58. The number of carbonyl (C=O) groups is 1. The molecular formula is C13H17N3O. The number of nitriles is 1. The summed E-state index contributed by atoms with van der Waals surface area (Å²) in [4.78, 5) is 16.0. The molecule has 1 aromatic heterocycles. The Morgan fingerprint density at radius 3 is 2.59 bits per heavy atom. The van der Waals surface area contributed by atoms with Crippen LogP contribution in [0.3, 0.4) is 0 Å². The molecule has 0 saturated heterocycles. The number of aromatic nitrogens is 1. The Morgan fingerprint density at radius 1 is 1.47 bits per heavy atom. The second-order valence-electron chi connectivity index (χ2n) is 4.11. The average molecular weight is 231 g/mol. The van der Waals surface area contributed by atoms with Gasteiger partial charge in [0.2, 0.25) is 0 Å². The summed E-state index contributed by atoms with van der Waals surface area (Å²) in [6.45, 7) is 5.66. The van der Waals surface area contributed by atoms with Crippen molar-refractivity contribution in [3.8, 4) is 6.07 Å². The van der Waals surface area contributed by atoms with Crippen LogP contribution in [0.5, 0.6) is 0 Å². The van der Waals surface area contributed by atoms with Crippen molar-refractivity contribution < 1.29 is 4.79 Å².